The summed E-state index contributed by atoms with van der Waals surface area (Å²) in [6.07, 6.45) is 1.48. The van der Waals surface area contributed by atoms with Gasteiger partial charge in [0.05, 0.1) is 40.6 Å². The normalized spacial score (nSPS) is 13.9. The molecule has 0 fully saturated rings. The van der Waals surface area contributed by atoms with E-state index in [-0.39, 0.29) is 17.9 Å². The molecule has 0 unspecified atom stereocenters. The smallest absolute Gasteiger partial charge is 0.231 e. The van der Waals surface area contributed by atoms with E-state index >= 15 is 0 Å². The maximum Gasteiger partial charge on any atom is 0.231 e. The molecule has 1 atom stereocenters. The quantitative estimate of drug-likeness (QED) is 0.238. The van der Waals surface area contributed by atoms with Crippen molar-refractivity contribution < 1.29 is 32.8 Å². The zero-order chi connectivity index (χ0) is 26.7. The average Bonchev–Trinajstić information content (AvgIpc) is 3.30. The van der Waals surface area contributed by atoms with Crippen molar-refractivity contribution >= 4 is 8.32 Å². The zero-order valence-corrected chi connectivity index (χ0v) is 24.1. The van der Waals surface area contributed by atoms with Crippen molar-refractivity contribution in [3.63, 3.8) is 0 Å². The van der Waals surface area contributed by atoms with Gasteiger partial charge >= 0.3 is 0 Å². The molecule has 36 heavy (non-hydrogen) atoms. The lowest BCUT2D eigenvalue weighted by Gasteiger charge is -2.36. The van der Waals surface area contributed by atoms with Crippen LogP contribution in [0.15, 0.2) is 30.9 Å². The molecule has 1 aliphatic heterocycles. The summed E-state index contributed by atoms with van der Waals surface area (Å²) >= 11 is 0. The molecule has 8 heteroatoms. The highest BCUT2D eigenvalue weighted by molar-refractivity contribution is 6.74. The van der Waals surface area contributed by atoms with Gasteiger partial charge in [-0.25, -0.2) is 0 Å². The summed E-state index contributed by atoms with van der Waals surface area (Å²) in [4.78, 5) is 0. The summed E-state index contributed by atoms with van der Waals surface area (Å²) in [6, 6.07) is 5.92. The molecule has 0 saturated heterocycles. The van der Waals surface area contributed by atoms with Crippen molar-refractivity contribution in [2.45, 2.75) is 58.5 Å². The predicted octanol–water partition coefficient (Wildman–Crippen LogP) is 6.89. The molecule has 1 aliphatic rings. The molecule has 2 aromatic carbocycles. The van der Waals surface area contributed by atoms with E-state index in [1.807, 2.05) is 25.1 Å². The van der Waals surface area contributed by atoms with E-state index in [1.54, 1.807) is 27.4 Å². The van der Waals surface area contributed by atoms with Crippen molar-refractivity contribution in [3.05, 3.63) is 42.0 Å². The van der Waals surface area contributed by atoms with Crippen LogP contribution in [0.5, 0.6) is 28.7 Å². The van der Waals surface area contributed by atoms with Crippen molar-refractivity contribution in [2.75, 3.05) is 34.7 Å². The maximum atomic E-state index is 6.66. The first-order valence-electron chi connectivity index (χ1n) is 12.1. The third-order valence-corrected chi connectivity index (χ3v) is 11.5. The Morgan fingerprint density at radius 2 is 1.64 bits per heavy atom. The van der Waals surface area contributed by atoms with E-state index in [0.29, 0.717) is 42.0 Å². The van der Waals surface area contributed by atoms with Gasteiger partial charge in [-0.1, -0.05) is 26.8 Å². The monoisotopic (exact) mass is 516 g/mol. The molecule has 0 radical (unpaired) electrons. The van der Waals surface area contributed by atoms with Gasteiger partial charge < -0.3 is 32.8 Å². The molecular weight excluding hydrogens is 476 g/mol. The van der Waals surface area contributed by atoms with Gasteiger partial charge in [0, 0.05) is 5.56 Å². The van der Waals surface area contributed by atoms with Gasteiger partial charge in [0.25, 0.3) is 0 Å². The van der Waals surface area contributed by atoms with E-state index in [2.05, 4.69) is 40.4 Å². The standard InChI is InChI=1S/C28H40O7Si/c1-11-12-32-18(2)20-14-22-23(34-17-33-22)15-21(20)25-19(16-35-36(9,10)28(3,4)5)13-24(29-6)26(30-7)27(25)31-8/h11,13-15,18H,1,12,16-17H2,2-10H3/t18-/m1/s1. The largest absolute Gasteiger partial charge is 0.493 e. The van der Waals surface area contributed by atoms with E-state index in [4.69, 9.17) is 32.8 Å². The molecule has 7 nitrogen and oxygen atoms in total. The Labute approximate surface area is 216 Å². The van der Waals surface area contributed by atoms with Crippen molar-refractivity contribution in [1.29, 1.82) is 0 Å². The van der Waals surface area contributed by atoms with Gasteiger partial charge in [0.15, 0.2) is 31.3 Å². The molecule has 0 bridgehead atoms. The average molecular weight is 517 g/mol. The highest BCUT2D eigenvalue weighted by Gasteiger charge is 2.38. The minimum atomic E-state index is -2.05. The van der Waals surface area contributed by atoms with Crippen LogP contribution in [0, 0.1) is 0 Å². The lowest BCUT2D eigenvalue weighted by Crippen LogP contribution is -2.40. The summed E-state index contributed by atoms with van der Waals surface area (Å²) in [5, 5.41) is 0.0603. The first kappa shape index (κ1) is 27.9. The maximum absolute atomic E-state index is 6.66. The molecule has 0 amide bonds. The van der Waals surface area contributed by atoms with E-state index in [0.717, 1.165) is 22.3 Å². The van der Waals surface area contributed by atoms with Crippen LogP contribution in [0.1, 0.15) is 44.9 Å². The van der Waals surface area contributed by atoms with E-state index in [9.17, 15) is 0 Å². The van der Waals surface area contributed by atoms with Gasteiger partial charge in [0.2, 0.25) is 12.5 Å². The van der Waals surface area contributed by atoms with Crippen LogP contribution >= 0.6 is 0 Å². The van der Waals surface area contributed by atoms with Gasteiger partial charge in [-0.15, -0.1) is 6.58 Å². The van der Waals surface area contributed by atoms with Crippen molar-refractivity contribution in [3.8, 4) is 39.9 Å². The molecule has 0 N–H and O–H groups in total. The topological polar surface area (TPSA) is 64.6 Å². The molecule has 198 valence electrons. The summed E-state index contributed by atoms with van der Waals surface area (Å²) in [7, 11) is 2.80. The first-order valence-corrected chi connectivity index (χ1v) is 15.0. The van der Waals surface area contributed by atoms with Crippen molar-refractivity contribution in [1.82, 2.24) is 0 Å². The van der Waals surface area contributed by atoms with Gasteiger partial charge in [0.1, 0.15) is 0 Å². The summed E-state index contributed by atoms with van der Waals surface area (Å²) in [5.74, 6) is 2.99. The number of methoxy groups -OCH3 is 3. The van der Waals surface area contributed by atoms with Crippen LogP contribution in [0.2, 0.25) is 18.1 Å². The molecule has 0 saturated carbocycles. The minimum Gasteiger partial charge on any atom is -0.493 e. The Kier molecular flexibility index (Phi) is 8.64. The second kappa shape index (κ2) is 11.1. The first-order chi connectivity index (χ1) is 17.0. The fourth-order valence-corrected chi connectivity index (χ4v) is 4.85. The number of ether oxygens (including phenoxy) is 6. The molecule has 3 rings (SSSR count). The molecule has 1 heterocycles. The lowest BCUT2D eigenvalue weighted by molar-refractivity contribution is 0.0889. The number of hydrogen-bond donors (Lipinski definition) is 0. The fraction of sp³-hybridized carbons (Fsp3) is 0.500. The number of rotatable bonds is 11. The van der Waals surface area contributed by atoms with Gasteiger partial charge in [-0.3, -0.25) is 0 Å². The fourth-order valence-electron chi connectivity index (χ4n) is 3.90. The molecule has 0 aliphatic carbocycles. The van der Waals surface area contributed by atoms with Crippen LogP contribution in [-0.2, 0) is 15.8 Å². The Balaban J connectivity index is 2.28. The van der Waals surface area contributed by atoms with E-state index < -0.39 is 8.32 Å². The lowest BCUT2D eigenvalue weighted by atomic mass is 9.91. The SMILES string of the molecule is C=CCO[C@H](C)c1cc2c(cc1-c1c(CO[Si](C)(C)C(C)(C)C)cc(OC)c(OC)c1OC)OCO2. The number of benzene rings is 2. The molecule has 0 aromatic heterocycles. The van der Waals surface area contributed by atoms with Crippen LogP contribution < -0.4 is 23.7 Å². The Hall–Kier alpha value is -2.68. The number of hydrogen-bond acceptors (Lipinski definition) is 7. The summed E-state index contributed by atoms with van der Waals surface area (Å²) < 4.78 is 41.5. The third-order valence-electron chi connectivity index (χ3n) is 7.02. The van der Waals surface area contributed by atoms with Crippen LogP contribution in [0.25, 0.3) is 11.1 Å². The van der Waals surface area contributed by atoms with Gasteiger partial charge in [-0.05, 0) is 59.9 Å². The minimum absolute atomic E-state index is 0.0603. The van der Waals surface area contributed by atoms with E-state index in [1.165, 1.54) is 0 Å². The number of fused-ring (bicyclic) bond motifs is 1. The molecule has 0 spiro atoms. The van der Waals surface area contributed by atoms with Crippen molar-refractivity contribution in [2.24, 2.45) is 0 Å². The highest BCUT2D eigenvalue weighted by Crippen LogP contribution is 2.51. The zero-order valence-electron chi connectivity index (χ0n) is 23.1. The Bertz CT molecular complexity index is 1090. The second-order valence-corrected chi connectivity index (χ2v) is 15.1. The molecule has 2 aromatic rings. The third kappa shape index (κ3) is 5.50. The highest BCUT2D eigenvalue weighted by atomic mass is 28.4. The Morgan fingerprint density at radius 1 is 1.00 bits per heavy atom. The summed E-state index contributed by atoms with van der Waals surface area (Å²) in [5.41, 5.74) is 3.59. The van der Waals surface area contributed by atoms with Gasteiger partial charge in [-0.2, -0.15) is 0 Å². The predicted molar refractivity (Wildman–Crippen MR) is 144 cm³/mol. The van der Waals surface area contributed by atoms with Crippen LogP contribution in [0.4, 0.5) is 0 Å². The van der Waals surface area contributed by atoms with Crippen LogP contribution in [0.3, 0.4) is 0 Å². The Morgan fingerprint density at radius 3 is 2.19 bits per heavy atom. The van der Waals surface area contributed by atoms with Crippen LogP contribution in [-0.4, -0.2) is 43.0 Å². The molecular formula is C28H40O7Si. The second-order valence-electron chi connectivity index (χ2n) is 10.3. The summed E-state index contributed by atoms with van der Waals surface area (Å²) in [6.45, 7) is 17.9.